The van der Waals surface area contributed by atoms with Crippen molar-refractivity contribution in [3.05, 3.63) is 64.2 Å². The number of nitrogens with one attached hydrogen (secondary N) is 4. The SMILES string of the molecule is COC(=O)[C@H]1C/C=C\COc2ccc(cc2)C[C@H](NC(C)=O)C(=O)N[C@H](CCCN=C(N)NS(=O)(=O)c2c(C)c(C)c3c(c2C)CCC(C)(C)O3)C(=O)N1. The monoisotopic (exact) mass is 768 g/mol. The third-order valence-electron chi connectivity index (χ3n) is 9.48. The van der Waals surface area contributed by atoms with Crippen molar-refractivity contribution in [3.8, 4) is 11.5 Å². The molecule has 2 aromatic carbocycles. The van der Waals surface area contributed by atoms with Gasteiger partial charge < -0.3 is 35.9 Å². The zero-order chi connectivity index (χ0) is 39.8. The summed E-state index contributed by atoms with van der Waals surface area (Å²) in [6.45, 7) is 10.8. The molecule has 0 fully saturated rings. The minimum absolute atomic E-state index is 0.0112. The molecule has 2 aromatic rings. The first-order valence-electron chi connectivity index (χ1n) is 17.9. The van der Waals surface area contributed by atoms with Gasteiger partial charge in [-0.15, -0.1) is 0 Å². The van der Waals surface area contributed by atoms with Crippen LogP contribution in [0.15, 0.2) is 46.3 Å². The minimum Gasteiger partial charge on any atom is -0.490 e. The van der Waals surface area contributed by atoms with E-state index in [0.717, 1.165) is 23.1 Å². The highest BCUT2D eigenvalue weighted by Gasteiger charge is 2.34. The summed E-state index contributed by atoms with van der Waals surface area (Å²) in [6, 6.07) is 3.77. The minimum atomic E-state index is -4.14. The van der Waals surface area contributed by atoms with E-state index in [4.69, 9.17) is 19.9 Å². The van der Waals surface area contributed by atoms with Gasteiger partial charge in [0, 0.05) is 19.9 Å². The Morgan fingerprint density at radius 3 is 2.41 bits per heavy atom. The predicted octanol–water partition coefficient (Wildman–Crippen LogP) is 2.32. The predicted molar refractivity (Wildman–Crippen MR) is 203 cm³/mol. The van der Waals surface area contributed by atoms with Crippen LogP contribution in [0.2, 0.25) is 0 Å². The van der Waals surface area contributed by atoms with Gasteiger partial charge in [-0.25, -0.2) is 17.9 Å². The van der Waals surface area contributed by atoms with Gasteiger partial charge in [0.15, 0.2) is 0 Å². The van der Waals surface area contributed by atoms with Crippen molar-refractivity contribution in [1.29, 1.82) is 0 Å². The maximum Gasteiger partial charge on any atom is 0.328 e. The fraction of sp³-hybridized carbons (Fsp3) is 0.500. The van der Waals surface area contributed by atoms with Gasteiger partial charge in [0.1, 0.15) is 41.8 Å². The number of aliphatic imine (C=N–C) groups is 1. The fourth-order valence-corrected chi connectivity index (χ4v) is 8.02. The zero-order valence-electron chi connectivity index (χ0n) is 32.0. The molecule has 3 amide bonds. The summed E-state index contributed by atoms with van der Waals surface area (Å²) in [5.41, 5.74) is 9.17. The van der Waals surface area contributed by atoms with Crippen LogP contribution in [0.4, 0.5) is 0 Å². The zero-order valence-corrected chi connectivity index (χ0v) is 32.8. The molecule has 0 radical (unpaired) electrons. The molecule has 0 saturated carbocycles. The number of nitrogens with zero attached hydrogens (tertiary/aromatic N) is 1. The molecular formula is C38H52N6O9S. The molecule has 0 aromatic heterocycles. The number of hydrogen-bond acceptors (Lipinski definition) is 10. The molecule has 3 atom stereocenters. The van der Waals surface area contributed by atoms with E-state index in [1.807, 2.05) is 20.8 Å². The molecule has 15 nitrogen and oxygen atoms in total. The highest BCUT2D eigenvalue weighted by atomic mass is 32.2. The Morgan fingerprint density at radius 2 is 1.74 bits per heavy atom. The van der Waals surface area contributed by atoms with Gasteiger partial charge >= 0.3 is 5.97 Å². The Balaban J connectivity index is 1.53. The summed E-state index contributed by atoms with van der Waals surface area (Å²) >= 11 is 0. The largest absolute Gasteiger partial charge is 0.490 e. The molecule has 54 heavy (non-hydrogen) atoms. The highest BCUT2D eigenvalue weighted by Crippen LogP contribution is 2.42. The number of ether oxygens (including phenoxy) is 3. The Hall–Kier alpha value is -5.12. The van der Waals surface area contributed by atoms with E-state index < -0.39 is 51.8 Å². The Labute approximate surface area is 316 Å². The van der Waals surface area contributed by atoms with Gasteiger partial charge in [-0.1, -0.05) is 24.3 Å². The van der Waals surface area contributed by atoms with Crippen LogP contribution in [-0.4, -0.2) is 82.1 Å². The van der Waals surface area contributed by atoms with E-state index in [1.54, 1.807) is 50.3 Å². The number of benzene rings is 2. The topological polar surface area (TPSA) is 217 Å². The van der Waals surface area contributed by atoms with Crippen molar-refractivity contribution in [2.24, 2.45) is 10.7 Å². The molecule has 0 spiro atoms. The molecule has 0 saturated heterocycles. The number of methoxy groups -OCH3 is 1. The third-order valence-corrected chi connectivity index (χ3v) is 11.1. The van der Waals surface area contributed by atoms with Crippen LogP contribution >= 0.6 is 0 Å². The number of sulfonamides is 1. The highest BCUT2D eigenvalue weighted by molar-refractivity contribution is 7.90. The average molecular weight is 769 g/mol. The van der Waals surface area contributed by atoms with E-state index in [2.05, 4.69) is 25.7 Å². The first-order valence-corrected chi connectivity index (χ1v) is 19.4. The van der Waals surface area contributed by atoms with Crippen molar-refractivity contribution < 1.29 is 41.8 Å². The number of nitrogens with two attached hydrogens (primary N) is 1. The van der Waals surface area contributed by atoms with E-state index in [-0.39, 0.29) is 55.3 Å². The smallest absolute Gasteiger partial charge is 0.328 e. The molecular weight excluding hydrogens is 717 g/mol. The lowest BCUT2D eigenvalue weighted by atomic mass is 9.88. The van der Waals surface area contributed by atoms with Crippen LogP contribution < -0.4 is 35.9 Å². The Kier molecular flexibility index (Phi) is 13.7. The van der Waals surface area contributed by atoms with Gasteiger partial charge in [-0.05, 0) is 107 Å². The van der Waals surface area contributed by atoms with Crippen molar-refractivity contribution >= 4 is 39.7 Å². The summed E-state index contributed by atoms with van der Waals surface area (Å²) in [6.07, 6.45) is 5.20. The first-order chi connectivity index (χ1) is 25.4. The number of amides is 3. The third kappa shape index (κ3) is 10.7. The standard InChI is InChI=1S/C38H52N6O9S/c1-22-23(2)33(24(3)28-17-18-38(5,6)53-32(22)28)54(49,50)44-37(39)40-19-10-12-29-34(46)43-30(36(48)51-7)11-8-9-20-52-27-15-13-26(14-16-27)21-31(35(47)42-29)41-25(4)45/h8-9,13-16,29-31H,10-12,17-21H2,1-7H3,(H,41,45)(H,42,47)(H,43,46)(H3,39,40,44)/b9-8-/t29-,30-,31+/m1/s1. The second-order valence-corrected chi connectivity index (χ2v) is 15.8. The second-order valence-electron chi connectivity index (χ2n) is 14.2. The van der Waals surface area contributed by atoms with Gasteiger partial charge in [0.25, 0.3) is 10.0 Å². The lowest BCUT2D eigenvalue weighted by molar-refractivity contribution is -0.145. The molecule has 0 unspecified atom stereocenters. The molecule has 0 aliphatic carbocycles. The number of hydrogen-bond donors (Lipinski definition) is 5. The van der Waals surface area contributed by atoms with Crippen molar-refractivity contribution in [3.63, 3.8) is 0 Å². The molecule has 3 aliphatic rings. The molecule has 16 heteroatoms. The van der Waals surface area contributed by atoms with Crippen molar-refractivity contribution in [2.75, 3.05) is 20.3 Å². The number of carbonyl (C=O) groups excluding carboxylic acids is 4. The molecule has 5 rings (SSSR count). The summed E-state index contributed by atoms with van der Waals surface area (Å²) in [4.78, 5) is 56.2. The van der Waals surface area contributed by atoms with Gasteiger partial charge in [-0.3, -0.25) is 19.4 Å². The molecule has 3 aliphatic heterocycles. The van der Waals surface area contributed by atoms with Crippen LogP contribution in [0.1, 0.15) is 74.3 Å². The van der Waals surface area contributed by atoms with Gasteiger partial charge in [-0.2, -0.15) is 0 Å². The number of carbonyl (C=O) groups is 4. The second kappa shape index (κ2) is 17.8. The van der Waals surface area contributed by atoms with Gasteiger partial charge in [0.05, 0.1) is 12.0 Å². The number of esters is 1. The van der Waals surface area contributed by atoms with E-state index >= 15 is 0 Å². The van der Waals surface area contributed by atoms with Crippen LogP contribution in [0.3, 0.4) is 0 Å². The number of rotatable bonds is 8. The Bertz CT molecular complexity index is 1910. The quantitative estimate of drug-likeness (QED) is 0.0869. The average Bonchev–Trinajstić information content (AvgIpc) is 3.10. The normalized spacial score (nSPS) is 21.2. The van der Waals surface area contributed by atoms with E-state index in [1.165, 1.54) is 14.0 Å². The lowest BCUT2D eigenvalue weighted by Gasteiger charge is -2.35. The maximum atomic E-state index is 13.7. The number of guanidine groups is 1. The summed E-state index contributed by atoms with van der Waals surface area (Å²) in [7, 11) is -2.94. The van der Waals surface area contributed by atoms with E-state index in [0.29, 0.717) is 29.0 Å². The fourth-order valence-electron chi connectivity index (χ4n) is 6.49. The van der Waals surface area contributed by atoms with Crippen LogP contribution in [0, 0.1) is 20.8 Å². The summed E-state index contributed by atoms with van der Waals surface area (Å²) in [5.74, 6) is -1.48. The van der Waals surface area contributed by atoms with E-state index in [9.17, 15) is 27.6 Å². The summed E-state index contributed by atoms with van der Waals surface area (Å²) < 4.78 is 46.6. The van der Waals surface area contributed by atoms with Crippen LogP contribution in [0.25, 0.3) is 0 Å². The molecule has 6 N–H and O–H groups in total. The van der Waals surface area contributed by atoms with Crippen molar-refractivity contribution in [2.45, 2.75) is 109 Å². The summed E-state index contributed by atoms with van der Waals surface area (Å²) in [5, 5.41) is 8.01. The Morgan fingerprint density at radius 1 is 1.04 bits per heavy atom. The molecule has 294 valence electrons. The molecule has 2 bridgehead atoms. The van der Waals surface area contributed by atoms with Crippen molar-refractivity contribution in [1.82, 2.24) is 20.7 Å². The van der Waals surface area contributed by atoms with Crippen LogP contribution in [-0.2, 0) is 46.8 Å². The maximum absolute atomic E-state index is 13.7. The van der Waals surface area contributed by atoms with Crippen LogP contribution in [0.5, 0.6) is 11.5 Å². The van der Waals surface area contributed by atoms with Gasteiger partial charge in [0.2, 0.25) is 23.7 Å². The first kappa shape index (κ1) is 41.6. The number of fused-ring (bicyclic) bond motifs is 14. The lowest BCUT2D eigenvalue weighted by Crippen LogP contribution is -2.56. The molecule has 3 heterocycles.